The maximum atomic E-state index is 13.1. The van der Waals surface area contributed by atoms with Crippen molar-refractivity contribution in [3.63, 3.8) is 0 Å². The monoisotopic (exact) mass is 1240 g/mol. The predicted octanol–water partition coefficient (Wildman–Crippen LogP) is -2.47. The van der Waals surface area contributed by atoms with E-state index in [2.05, 4.69) is 0 Å². The smallest absolute Gasteiger partial charge is 0.402 e. The average Bonchev–Trinajstić information content (AvgIpc) is 1.11. The number of esters is 2. The molecule has 1 aromatic heterocycles. The number of hydrogen-bond donors (Lipinski definition) is 18. The third kappa shape index (κ3) is 14.2. The summed E-state index contributed by atoms with van der Waals surface area (Å²) in [6.07, 6.45) is -30.3. The molecule has 20 atom stereocenters. The second-order valence-electron chi connectivity index (χ2n) is 20.8. The summed E-state index contributed by atoms with van der Waals surface area (Å²) in [6, 6.07) is 14.6. The first-order valence-corrected chi connectivity index (χ1v) is 26.9. The minimum absolute atomic E-state index is 0.0875. The highest BCUT2D eigenvalue weighted by Gasteiger charge is 2.51. The molecule has 8 unspecified atom stereocenters. The van der Waals surface area contributed by atoms with E-state index in [-0.39, 0.29) is 33.8 Å². The van der Waals surface area contributed by atoms with Gasteiger partial charge in [-0.15, -0.1) is 0 Å². The maximum absolute atomic E-state index is 13.1. The van der Waals surface area contributed by atoms with Crippen LogP contribution in [0.15, 0.2) is 89.4 Å². The van der Waals surface area contributed by atoms with E-state index >= 15 is 0 Å². The highest BCUT2D eigenvalue weighted by atomic mass is 16.7. The van der Waals surface area contributed by atoms with Crippen LogP contribution in [0.4, 0.5) is 0 Å². The molecule has 18 N–H and O–H groups in total. The molecule has 31 heteroatoms. The van der Waals surface area contributed by atoms with Crippen LogP contribution in [0.5, 0.6) is 51.7 Å². The number of ether oxygens (including phenoxy) is 10. The zero-order valence-corrected chi connectivity index (χ0v) is 45.8. The van der Waals surface area contributed by atoms with Gasteiger partial charge in [-0.25, -0.2) is 14.0 Å². The number of aromatic hydroxyl groups is 6. The van der Waals surface area contributed by atoms with E-state index < -0.39 is 195 Å². The summed E-state index contributed by atoms with van der Waals surface area (Å²) in [5.74, 6) is -6.99. The SMILES string of the molecule is CC1O[C@@H](OCC2O[C@@H](Oc3cc4c(O[C@@H]5OC(CO)[C@@H](O)[C@H](O)C5O)cc(O)cc4[o+]c3-c3cc(O)c(O)c(O)c3)C(O)[C@@H](O)[C@@H]2O)[C@@H](O)C(O)[C@H]1OC(=O)/C=C/c1ccc(O[C@@H]2OC(COC(=O)/C=C/c3ccc(O)c(O)c3)[C@@H](O)[C@H](O)C2O)cc1. The number of benzene rings is 4. The fourth-order valence-corrected chi connectivity index (χ4v) is 9.66. The summed E-state index contributed by atoms with van der Waals surface area (Å²) < 4.78 is 62.6. The van der Waals surface area contributed by atoms with E-state index in [9.17, 15) is 102 Å². The Kier molecular flexibility index (Phi) is 20.1. The van der Waals surface area contributed by atoms with Crippen molar-refractivity contribution in [1.29, 1.82) is 0 Å². The number of fused-ring (bicyclic) bond motifs is 1. The second kappa shape index (κ2) is 27.3. The van der Waals surface area contributed by atoms with Gasteiger partial charge in [0.15, 0.2) is 41.1 Å². The van der Waals surface area contributed by atoms with Gasteiger partial charge in [0.25, 0.3) is 0 Å². The molecule has 4 aliphatic heterocycles. The summed E-state index contributed by atoms with van der Waals surface area (Å²) in [5, 5.41) is 189. The van der Waals surface area contributed by atoms with Crippen molar-refractivity contribution in [2.75, 3.05) is 19.8 Å². The van der Waals surface area contributed by atoms with Gasteiger partial charge in [0.05, 0.1) is 30.9 Å². The highest BCUT2D eigenvalue weighted by molar-refractivity contribution is 5.90. The van der Waals surface area contributed by atoms with E-state index in [1.165, 1.54) is 61.5 Å². The number of phenols is 6. The lowest BCUT2D eigenvalue weighted by molar-refractivity contribution is -0.319. The van der Waals surface area contributed by atoms with Gasteiger partial charge < -0.3 is 139 Å². The van der Waals surface area contributed by atoms with Gasteiger partial charge in [-0.05, 0) is 54.5 Å². The summed E-state index contributed by atoms with van der Waals surface area (Å²) >= 11 is 0. The van der Waals surface area contributed by atoms with E-state index in [4.69, 9.17) is 51.8 Å². The molecule has 4 saturated heterocycles. The van der Waals surface area contributed by atoms with Gasteiger partial charge in [-0.2, -0.15) is 0 Å². The van der Waals surface area contributed by atoms with Gasteiger partial charge in [-0.3, -0.25) is 0 Å². The molecule has 476 valence electrons. The van der Waals surface area contributed by atoms with Crippen LogP contribution in [-0.4, -0.2) is 247 Å². The van der Waals surface area contributed by atoms with Crippen molar-refractivity contribution in [3.05, 3.63) is 96.1 Å². The van der Waals surface area contributed by atoms with Crippen LogP contribution >= 0.6 is 0 Å². The first-order chi connectivity index (χ1) is 41.8. The zero-order valence-electron chi connectivity index (χ0n) is 45.8. The zero-order chi connectivity index (χ0) is 63.6. The molecule has 4 aromatic carbocycles. The van der Waals surface area contributed by atoms with E-state index in [1.807, 2.05) is 0 Å². The Morgan fingerprint density at radius 2 is 1.05 bits per heavy atom. The normalized spacial score (nSPS) is 32.6. The first kappa shape index (κ1) is 64.7. The van der Waals surface area contributed by atoms with E-state index in [0.29, 0.717) is 11.1 Å². The number of rotatable bonds is 18. The summed E-state index contributed by atoms with van der Waals surface area (Å²) in [4.78, 5) is 25.4. The molecule has 0 radical (unpaired) electrons. The maximum Gasteiger partial charge on any atom is 0.402 e. The predicted molar refractivity (Wildman–Crippen MR) is 289 cm³/mol. The van der Waals surface area contributed by atoms with Crippen LogP contribution in [0, 0.1) is 0 Å². The molecule has 9 rings (SSSR count). The Hall–Kier alpha value is -7.77. The fourth-order valence-electron chi connectivity index (χ4n) is 9.66. The topological polar surface area (TPSA) is 502 Å². The average molecular weight is 1240 g/mol. The number of carbonyl (C=O) groups is 2. The molecule has 4 fully saturated rings. The summed E-state index contributed by atoms with van der Waals surface area (Å²) in [7, 11) is 0. The molecule has 0 aliphatic carbocycles. The van der Waals surface area contributed by atoms with E-state index in [1.54, 1.807) is 0 Å². The third-order valence-electron chi connectivity index (χ3n) is 14.6. The Morgan fingerprint density at radius 1 is 0.511 bits per heavy atom. The molecule has 5 aromatic rings. The van der Waals surface area contributed by atoms with Crippen LogP contribution in [-0.2, 0) is 42.7 Å². The minimum Gasteiger partial charge on any atom is -0.507 e. The van der Waals surface area contributed by atoms with Crippen molar-refractivity contribution in [1.82, 2.24) is 0 Å². The van der Waals surface area contributed by atoms with Crippen LogP contribution in [0.25, 0.3) is 34.4 Å². The largest absolute Gasteiger partial charge is 0.507 e. The van der Waals surface area contributed by atoms with Crippen LogP contribution < -0.4 is 14.2 Å². The molecule has 0 saturated carbocycles. The standard InChI is InChI=1S/C57H62O31/c1-21-52(88-39(65)11-5-22-2-7-26(8-3-22)81-55-48(74)45(71)42(68)36(86-55)19-78-38(64)10-6-23-4-9-28(60)29(61)12-23)47(73)51(77)54(80-21)79-20-37-43(69)46(72)50(76)57(87-37)84-34-17-27-32(82-53(34)24-13-30(62)40(66)31(63)14-24)15-25(59)16-33(27)83-56-49(75)44(70)41(67)35(18-58)85-56/h2-17,21,35-37,41-52,54-58,67-77H,18-20H2,1H3,(H5-,59,60,61,62,63,64,66)/p+1/b11-5+/t21?,35?,36?,37?,41-,42-,43-,44+,45+,46+,47?,48?,49?,50?,51+,52+,54-,55-,56-,57-/m1/s1. The quantitative estimate of drug-likeness (QED) is 0.0187. The number of aliphatic hydroxyl groups is 12. The van der Waals surface area contributed by atoms with Crippen LogP contribution in [0.1, 0.15) is 18.1 Å². The summed E-state index contributed by atoms with van der Waals surface area (Å²) in [6.45, 7) is -0.785. The molecule has 0 amide bonds. The van der Waals surface area contributed by atoms with Crippen molar-refractivity contribution < 1.29 is 153 Å². The van der Waals surface area contributed by atoms with Gasteiger partial charge in [0.1, 0.15) is 115 Å². The number of carbonyl (C=O) groups excluding carboxylic acids is 2. The van der Waals surface area contributed by atoms with Crippen molar-refractivity contribution >= 4 is 35.1 Å². The highest BCUT2D eigenvalue weighted by Crippen LogP contribution is 2.46. The second-order valence-corrected chi connectivity index (χ2v) is 20.8. The number of aliphatic hydroxyl groups excluding tert-OH is 12. The number of hydrogen-bond acceptors (Lipinski definition) is 30. The molecule has 4 aliphatic rings. The number of phenolic OH excluding ortho intramolecular Hbond substituents is 6. The van der Waals surface area contributed by atoms with Crippen LogP contribution in [0.2, 0.25) is 0 Å². The Balaban J connectivity index is 0.812. The molecular formula is C57H63O31+. The van der Waals surface area contributed by atoms with Gasteiger partial charge in [-0.1, -0.05) is 18.2 Å². The Labute approximate surface area is 495 Å². The first-order valence-electron chi connectivity index (χ1n) is 26.9. The van der Waals surface area contributed by atoms with Gasteiger partial charge >= 0.3 is 23.3 Å². The summed E-state index contributed by atoms with van der Waals surface area (Å²) in [5.41, 5.74) is 0.285. The lowest BCUT2D eigenvalue weighted by atomic mass is 9.98. The fraction of sp³-hybridized carbons (Fsp3) is 0.421. The van der Waals surface area contributed by atoms with Crippen molar-refractivity contribution in [2.45, 2.75) is 130 Å². The lowest BCUT2D eigenvalue weighted by Gasteiger charge is -2.42. The molecule has 88 heavy (non-hydrogen) atoms. The van der Waals surface area contributed by atoms with Gasteiger partial charge in [0.2, 0.25) is 24.6 Å². The van der Waals surface area contributed by atoms with Crippen molar-refractivity contribution in [3.8, 4) is 63.1 Å². The molecule has 0 bridgehead atoms. The van der Waals surface area contributed by atoms with Gasteiger partial charge in [0, 0.05) is 36.4 Å². The molecular weight excluding hydrogens is 1180 g/mol. The lowest BCUT2D eigenvalue weighted by Crippen LogP contribution is -2.62. The minimum atomic E-state index is -2.09. The Morgan fingerprint density at radius 3 is 1.66 bits per heavy atom. The Bertz CT molecular complexity index is 3300. The molecule has 31 nitrogen and oxygen atoms in total. The molecule has 0 spiro atoms. The third-order valence-corrected chi connectivity index (χ3v) is 14.6. The van der Waals surface area contributed by atoms with Crippen LogP contribution in [0.3, 0.4) is 0 Å². The van der Waals surface area contributed by atoms with E-state index in [0.717, 1.165) is 42.5 Å². The molecule has 5 heterocycles. The van der Waals surface area contributed by atoms with Crippen molar-refractivity contribution in [2.24, 2.45) is 0 Å².